The number of methoxy groups -OCH3 is 1. The van der Waals surface area contributed by atoms with Crippen LogP contribution in [0.2, 0.25) is 0 Å². The third-order valence-electron chi connectivity index (χ3n) is 5.93. The Kier molecular flexibility index (Phi) is 5.46. The van der Waals surface area contributed by atoms with Crippen molar-refractivity contribution in [1.82, 2.24) is 4.90 Å². The lowest BCUT2D eigenvalue weighted by Crippen LogP contribution is -2.42. The highest BCUT2D eigenvalue weighted by atomic mass is 16.5. The van der Waals surface area contributed by atoms with Crippen LogP contribution in [0.3, 0.4) is 0 Å². The van der Waals surface area contributed by atoms with Gasteiger partial charge in [0, 0.05) is 35.7 Å². The zero-order valence-electron chi connectivity index (χ0n) is 16.8. The van der Waals surface area contributed by atoms with Crippen molar-refractivity contribution in [3.63, 3.8) is 0 Å². The zero-order valence-corrected chi connectivity index (χ0v) is 16.8. The summed E-state index contributed by atoms with van der Waals surface area (Å²) in [5, 5.41) is 13.3. The monoisotopic (exact) mass is 390 g/mol. The van der Waals surface area contributed by atoms with E-state index in [-0.39, 0.29) is 30.5 Å². The van der Waals surface area contributed by atoms with Crippen LogP contribution in [0.1, 0.15) is 42.5 Å². The minimum Gasteiger partial charge on any atom is -0.497 e. The van der Waals surface area contributed by atoms with Gasteiger partial charge in [0.1, 0.15) is 5.75 Å². The molecule has 1 saturated heterocycles. The number of aliphatic hydroxyl groups excluding tert-OH is 1. The molecule has 0 aromatic heterocycles. The number of amides is 1. The van der Waals surface area contributed by atoms with Gasteiger partial charge in [0.2, 0.25) is 5.91 Å². The second-order valence-corrected chi connectivity index (χ2v) is 7.55. The van der Waals surface area contributed by atoms with Crippen molar-refractivity contribution in [2.75, 3.05) is 25.6 Å². The van der Waals surface area contributed by atoms with E-state index >= 15 is 0 Å². The number of hydrogen-bond donors (Lipinski definition) is 2. The van der Waals surface area contributed by atoms with E-state index in [2.05, 4.69) is 23.2 Å². The molecule has 29 heavy (non-hydrogen) atoms. The molecular weight excluding hydrogens is 364 g/mol. The smallest absolute Gasteiger partial charge is 0.222 e. The number of hydrogen-bond acceptors (Lipinski definition) is 4. The van der Waals surface area contributed by atoms with Crippen LogP contribution in [0.15, 0.2) is 42.5 Å². The Morgan fingerprint density at radius 1 is 1.21 bits per heavy atom. The summed E-state index contributed by atoms with van der Waals surface area (Å²) in [5.41, 5.74) is 3.92. The second-order valence-electron chi connectivity index (χ2n) is 7.55. The van der Waals surface area contributed by atoms with Crippen LogP contribution in [-0.4, -0.2) is 42.2 Å². The van der Waals surface area contributed by atoms with Crippen LogP contribution in [0.4, 0.5) is 5.69 Å². The lowest BCUT2D eigenvalue weighted by molar-refractivity contribution is -0.132. The Balaban J connectivity index is 1.67. The van der Waals surface area contributed by atoms with Gasteiger partial charge >= 0.3 is 0 Å². The predicted octanol–water partition coefficient (Wildman–Crippen LogP) is 3.18. The molecule has 0 bridgehead atoms. The molecule has 0 aliphatic carbocycles. The SMILES string of the molecule is CCC(=O)N1CC[C@@H]2[C@H]1c1cc(C#Cc3ccc(OC)cc3)ccc1N[C@@H]2CO. The quantitative estimate of drug-likeness (QED) is 0.791. The maximum Gasteiger partial charge on any atom is 0.222 e. The van der Waals surface area contributed by atoms with E-state index in [1.165, 1.54) is 0 Å². The first-order valence-electron chi connectivity index (χ1n) is 10.1. The number of nitrogens with one attached hydrogen (secondary N) is 1. The summed E-state index contributed by atoms with van der Waals surface area (Å²) in [5.74, 6) is 7.62. The molecule has 2 N–H and O–H groups in total. The molecule has 3 atom stereocenters. The topological polar surface area (TPSA) is 61.8 Å². The molecular formula is C24H26N2O3. The van der Waals surface area contributed by atoms with E-state index in [1.54, 1.807) is 7.11 Å². The number of aliphatic hydroxyl groups is 1. The van der Waals surface area contributed by atoms with Crippen molar-refractivity contribution < 1.29 is 14.6 Å². The number of benzene rings is 2. The lowest BCUT2D eigenvalue weighted by atomic mass is 9.82. The fourth-order valence-electron chi connectivity index (χ4n) is 4.44. The first kappa shape index (κ1) is 19.4. The van der Waals surface area contributed by atoms with Gasteiger partial charge in [0.25, 0.3) is 0 Å². The summed E-state index contributed by atoms with van der Waals surface area (Å²) >= 11 is 0. The van der Waals surface area contributed by atoms with Crippen LogP contribution in [0.25, 0.3) is 0 Å². The average Bonchev–Trinajstić information content (AvgIpc) is 3.22. The number of carbonyl (C=O) groups is 1. The number of ether oxygens (including phenoxy) is 1. The highest BCUT2D eigenvalue weighted by molar-refractivity contribution is 5.77. The van der Waals surface area contributed by atoms with Gasteiger partial charge in [-0.05, 0) is 54.4 Å². The van der Waals surface area contributed by atoms with E-state index in [4.69, 9.17) is 4.74 Å². The largest absolute Gasteiger partial charge is 0.497 e. The summed E-state index contributed by atoms with van der Waals surface area (Å²) in [6.45, 7) is 2.70. The van der Waals surface area contributed by atoms with E-state index in [1.807, 2.05) is 48.2 Å². The van der Waals surface area contributed by atoms with Crippen molar-refractivity contribution in [2.24, 2.45) is 5.92 Å². The Bertz CT molecular complexity index is 958. The van der Waals surface area contributed by atoms with Gasteiger partial charge in [-0.3, -0.25) is 4.79 Å². The van der Waals surface area contributed by atoms with Gasteiger partial charge in [-0.25, -0.2) is 0 Å². The molecule has 2 aromatic carbocycles. The normalized spacial score (nSPS) is 22.0. The number of nitrogens with zero attached hydrogens (tertiary/aromatic N) is 1. The molecule has 2 heterocycles. The van der Waals surface area contributed by atoms with Crippen molar-refractivity contribution >= 4 is 11.6 Å². The minimum atomic E-state index is -0.0293. The van der Waals surface area contributed by atoms with E-state index in [0.717, 1.165) is 41.1 Å². The molecule has 1 fully saturated rings. The lowest BCUT2D eigenvalue weighted by Gasteiger charge is -2.39. The van der Waals surface area contributed by atoms with Crippen molar-refractivity contribution in [1.29, 1.82) is 0 Å². The maximum atomic E-state index is 12.5. The number of rotatable bonds is 3. The number of likely N-dealkylation sites (tertiary alicyclic amines) is 1. The fourth-order valence-corrected chi connectivity index (χ4v) is 4.44. The second kappa shape index (κ2) is 8.18. The molecule has 2 aliphatic rings. The summed E-state index contributed by atoms with van der Waals surface area (Å²) in [6, 6.07) is 13.7. The first-order valence-corrected chi connectivity index (χ1v) is 10.1. The average molecular weight is 390 g/mol. The summed E-state index contributed by atoms with van der Waals surface area (Å²) in [4.78, 5) is 14.5. The standard InChI is InChI=1S/C24H26N2O3/c1-3-23(28)26-13-12-19-22(15-27)25-21-11-8-17(14-20(21)24(19)26)5-4-16-6-9-18(29-2)10-7-16/h6-11,14,19,22,24-25,27H,3,12-13,15H2,1-2H3/t19-,22+,24-/m0/s1. The van der Waals surface area contributed by atoms with Crippen LogP contribution in [0, 0.1) is 17.8 Å². The molecule has 1 amide bonds. The third kappa shape index (κ3) is 3.68. The van der Waals surface area contributed by atoms with Crippen LogP contribution in [0.5, 0.6) is 5.75 Å². The van der Waals surface area contributed by atoms with Gasteiger partial charge in [-0.1, -0.05) is 18.8 Å². The molecule has 0 radical (unpaired) electrons. The highest BCUT2D eigenvalue weighted by Crippen LogP contribution is 2.46. The molecule has 0 saturated carbocycles. The maximum absolute atomic E-state index is 12.5. The third-order valence-corrected chi connectivity index (χ3v) is 5.93. The Morgan fingerprint density at radius 2 is 1.93 bits per heavy atom. The van der Waals surface area contributed by atoms with E-state index in [0.29, 0.717) is 6.42 Å². The van der Waals surface area contributed by atoms with E-state index < -0.39 is 0 Å². The Morgan fingerprint density at radius 3 is 2.62 bits per heavy atom. The molecule has 5 nitrogen and oxygen atoms in total. The van der Waals surface area contributed by atoms with Crippen LogP contribution in [-0.2, 0) is 4.79 Å². The van der Waals surface area contributed by atoms with Crippen molar-refractivity contribution in [3.8, 4) is 17.6 Å². The van der Waals surface area contributed by atoms with Crippen molar-refractivity contribution in [2.45, 2.75) is 31.8 Å². The Labute approximate surface area is 171 Å². The molecule has 4 rings (SSSR count). The minimum absolute atomic E-state index is 0.00131. The number of fused-ring (bicyclic) bond motifs is 3. The molecule has 0 spiro atoms. The van der Waals surface area contributed by atoms with Gasteiger partial charge < -0.3 is 20.1 Å². The van der Waals surface area contributed by atoms with Crippen LogP contribution < -0.4 is 10.1 Å². The van der Waals surface area contributed by atoms with Gasteiger partial charge in [-0.2, -0.15) is 0 Å². The summed E-state index contributed by atoms with van der Waals surface area (Å²) in [6.07, 6.45) is 1.39. The number of anilines is 1. The van der Waals surface area contributed by atoms with Gasteiger partial charge in [0.05, 0.1) is 25.8 Å². The van der Waals surface area contributed by atoms with Gasteiger partial charge in [0.15, 0.2) is 0 Å². The van der Waals surface area contributed by atoms with Crippen molar-refractivity contribution in [3.05, 3.63) is 59.2 Å². The fraction of sp³-hybridized carbons (Fsp3) is 0.375. The summed E-state index contributed by atoms with van der Waals surface area (Å²) in [7, 11) is 1.64. The molecule has 5 heteroatoms. The van der Waals surface area contributed by atoms with Gasteiger partial charge in [-0.15, -0.1) is 0 Å². The van der Waals surface area contributed by atoms with E-state index in [9.17, 15) is 9.90 Å². The first-order chi connectivity index (χ1) is 14.1. The molecule has 0 unspecified atom stereocenters. The Hall–Kier alpha value is -2.97. The number of carbonyl (C=O) groups excluding carboxylic acids is 1. The highest BCUT2D eigenvalue weighted by Gasteiger charge is 2.45. The molecule has 2 aliphatic heterocycles. The molecule has 2 aromatic rings. The molecule has 150 valence electrons. The summed E-state index contributed by atoms with van der Waals surface area (Å²) < 4.78 is 5.19. The van der Waals surface area contributed by atoms with Crippen LogP contribution >= 0.6 is 0 Å². The predicted molar refractivity (Wildman–Crippen MR) is 113 cm³/mol. The zero-order chi connectivity index (χ0) is 20.4.